The summed E-state index contributed by atoms with van der Waals surface area (Å²) < 4.78 is 78.3. The fourth-order valence-electron chi connectivity index (χ4n) is 2.20. The summed E-state index contributed by atoms with van der Waals surface area (Å²) >= 11 is 1.32. The Kier molecular flexibility index (Phi) is 7.22. The second-order valence-corrected chi connectivity index (χ2v) is 6.69. The molecule has 28 heavy (non-hydrogen) atoms. The van der Waals surface area contributed by atoms with Gasteiger partial charge in [-0.1, -0.05) is 24.3 Å². The SMILES string of the molecule is O=C(NCCSCc1cccc(C(F)(F)F)c1)c1cccc(OC(F)(F)F)c1. The van der Waals surface area contributed by atoms with Crippen LogP contribution in [0.1, 0.15) is 21.5 Å². The average Bonchev–Trinajstić information content (AvgIpc) is 2.59. The van der Waals surface area contributed by atoms with Gasteiger partial charge in [-0.15, -0.1) is 13.2 Å². The van der Waals surface area contributed by atoms with Gasteiger partial charge in [0.1, 0.15) is 5.75 Å². The van der Waals surface area contributed by atoms with Crippen LogP contribution in [0.5, 0.6) is 5.75 Å². The van der Waals surface area contributed by atoms with E-state index in [1.807, 2.05) is 0 Å². The van der Waals surface area contributed by atoms with Crippen LogP contribution in [0, 0.1) is 0 Å². The Morgan fingerprint density at radius 3 is 2.39 bits per heavy atom. The van der Waals surface area contributed by atoms with E-state index in [9.17, 15) is 31.1 Å². The van der Waals surface area contributed by atoms with Gasteiger partial charge in [-0.2, -0.15) is 24.9 Å². The predicted molar refractivity (Wildman–Crippen MR) is 93.1 cm³/mol. The molecule has 10 heteroatoms. The van der Waals surface area contributed by atoms with E-state index in [4.69, 9.17) is 0 Å². The van der Waals surface area contributed by atoms with Gasteiger partial charge in [-0.25, -0.2) is 0 Å². The Bertz CT molecular complexity index is 807. The monoisotopic (exact) mass is 423 g/mol. The standard InChI is InChI=1S/C18H15F6NO2S/c19-17(20,21)14-5-1-3-12(9-14)11-28-8-7-25-16(26)13-4-2-6-15(10-13)27-18(22,23)24/h1-6,9-10H,7-8,11H2,(H,25,26). The Balaban J connectivity index is 1.78. The molecule has 0 spiro atoms. The Hall–Kier alpha value is -2.36. The molecule has 0 fully saturated rings. The van der Waals surface area contributed by atoms with E-state index >= 15 is 0 Å². The molecule has 0 radical (unpaired) electrons. The van der Waals surface area contributed by atoms with Crippen LogP contribution in [-0.4, -0.2) is 24.6 Å². The van der Waals surface area contributed by atoms with Crippen LogP contribution >= 0.6 is 11.8 Å². The summed E-state index contributed by atoms with van der Waals surface area (Å²) in [6.07, 6.45) is -9.26. The summed E-state index contributed by atoms with van der Waals surface area (Å²) in [5, 5.41) is 2.53. The summed E-state index contributed by atoms with van der Waals surface area (Å²) in [6.45, 7) is 0.201. The highest BCUT2D eigenvalue weighted by atomic mass is 32.2. The quantitative estimate of drug-likeness (QED) is 0.487. The molecule has 2 rings (SSSR count). The zero-order chi connectivity index (χ0) is 20.8. The van der Waals surface area contributed by atoms with Crippen LogP contribution in [0.3, 0.4) is 0 Å². The molecule has 0 aliphatic rings. The topological polar surface area (TPSA) is 38.3 Å². The Labute approximate surface area is 161 Å². The number of ether oxygens (including phenoxy) is 1. The lowest BCUT2D eigenvalue weighted by Gasteiger charge is -2.10. The molecule has 3 nitrogen and oxygen atoms in total. The van der Waals surface area contributed by atoms with Crippen molar-refractivity contribution in [2.24, 2.45) is 0 Å². The normalized spacial score (nSPS) is 11.9. The zero-order valence-corrected chi connectivity index (χ0v) is 15.0. The fraction of sp³-hybridized carbons (Fsp3) is 0.278. The van der Waals surface area contributed by atoms with Crippen LogP contribution in [0.25, 0.3) is 0 Å². The first-order valence-corrected chi connectivity index (χ1v) is 9.08. The van der Waals surface area contributed by atoms with Crippen LogP contribution in [0.2, 0.25) is 0 Å². The maximum Gasteiger partial charge on any atom is 0.573 e. The number of thioether (sulfide) groups is 1. The second kappa shape index (κ2) is 9.22. The molecule has 0 heterocycles. The van der Waals surface area contributed by atoms with Crippen molar-refractivity contribution in [1.82, 2.24) is 5.32 Å². The van der Waals surface area contributed by atoms with Gasteiger partial charge < -0.3 is 10.1 Å². The number of nitrogens with one attached hydrogen (secondary N) is 1. The number of benzene rings is 2. The number of amides is 1. The van der Waals surface area contributed by atoms with Crippen molar-refractivity contribution in [3.63, 3.8) is 0 Å². The summed E-state index contributed by atoms with van der Waals surface area (Å²) in [7, 11) is 0. The Morgan fingerprint density at radius 2 is 1.71 bits per heavy atom. The molecule has 0 bridgehead atoms. The molecule has 2 aromatic carbocycles. The van der Waals surface area contributed by atoms with Crippen LogP contribution < -0.4 is 10.1 Å². The smallest absolute Gasteiger partial charge is 0.406 e. The second-order valence-electron chi connectivity index (χ2n) is 5.58. The van der Waals surface area contributed by atoms with Crippen molar-refractivity contribution < 1.29 is 35.9 Å². The molecular weight excluding hydrogens is 408 g/mol. The predicted octanol–water partition coefficient (Wildman–Crippen LogP) is 5.27. The van der Waals surface area contributed by atoms with Gasteiger partial charge in [0.05, 0.1) is 5.56 Å². The van der Waals surface area contributed by atoms with Crippen LogP contribution in [0.15, 0.2) is 48.5 Å². The summed E-state index contributed by atoms with van der Waals surface area (Å²) in [6, 6.07) is 9.62. The largest absolute Gasteiger partial charge is 0.573 e. The number of hydrogen-bond donors (Lipinski definition) is 1. The molecule has 0 saturated heterocycles. The fourth-order valence-corrected chi connectivity index (χ4v) is 3.01. The van der Waals surface area contributed by atoms with Gasteiger partial charge in [0, 0.05) is 23.6 Å². The van der Waals surface area contributed by atoms with Gasteiger partial charge in [0.15, 0.2) is 0 Å². The summed E-state index contributed by atoms with van der Waals surface area (Å²) in [5.41, 5.74) is -0.215. The molecule has 2 aromatic rings. The van der Waals surface area contributed by atoms with Gasteiger partial charge in [-0.05, 0) is 29.8 Å². The van der Waals surface area contributed by atoms with Gasteiger partial charge in [0.2, 0.25) is 0 Å². The average molecular weight is 423 g/mol. The highest BCUT2D eigenvalue weighted by molar-refractivity contribution is 7.98. The molecule has 0 aliphatic carbocycles. The first-order chi connectivity index (χ1) is 13.0. The van der Waals surface area contributed by atoms with E-state index < -0.39 is 29.8 Å². The van der Waals surface area contributed by atoms with Crippen LogP contribution in [-0.2, 0) is 11.9 Å². The summed E-state index contributed by atoms with van der Waals surface area (Å²) in [4.78, 5) is 12.0. The van der Waals surface area contributed by atoms with E-state index in [1.165, 1.54) is 30.0 Å². The third kappa shape index (κ3) is 7.34. The third-order valence-electron chi connectivity index (χ3n) is 3.38. The number of carbonyl (C=O) groups is 1. The highest BCUT2D eigenvalue weighted by Gasteiger charge is 2.31. The highest BCUT2D eigenvalue weighted by Crippen LogP contribution is 2.30. The maximum absolute atomic E-state index is 12.7. The molecule has 0 saturated carbocycles. The first kappa shape index (κ1) is 21.9. The molecule has 0 aromatic heterocycles. The minimum Gasteiger partial charge on any atom is -0.406 e. The van der Waals surface area contributed by atoms with E-state index in [0.29, 0.717) is 17.1 Å². The molecule has 0 aliphatic heterocycles. The van der Waals surface area contributed by atoms with Gasteiger partial charge in [-0.3, -0.25) is 4.79 Å². The molecule has 0 atom stereocenters. The van der Waals surface area contributed by atoms with Crippen molar-refractivity contribution in [3.8, 4) is 5.75 Å². The van der Waals surface area contributed by atoms with Gasteiger partial charge >= 0.3 is 12.5 Å². The molecule has 0 unspecified atom stereocenters. The number of rotatable bonds is 7. The van der Waals surface area contributed by atoms with Crippen molar-refractivity contribution >= 4 is 17.7 Å². The van der Waals surface area contributed by atoms with Crippen molar-refractivity contribution in [3.05, 3.63) is 65.2 Å². The molecular formula is C18H15F6NO2S. The number of alkyl halides is 6. The minimum absolute atomic E-state index is 0.00429. The lowest BCUT2D eigenvalue weighted by molar-refractivity contribution is -0.274. The van der Waals surface area contributed by atoms with Gasteiger partial charge in [0.25, 0.3) is 5.91 Å². The number of carbonyl (C=O) groups excluding carboxylic acids is 1. The molecule has 152 valence electrons. The van der Waals surface area contributed by atoms with E-state index in [0.717, 1.165) is 24.3 Å². The van der Waals surface area contributed by atoms with Crippen molar-refractivity contribution in [2.75, 3.05) is 12.3 Å². The third-order valence-corrected chi connectivity index (χ3v) is 4.42. The number of halogens is 6. The summed E-state index contributed by atoms with van der Waals surface area (Å²) in [5.74, 6) is -0.332. The lowest BCUT2D eigenvalue weighted by Crippen LogP contribution is -2.26. The maximum atomic E-state index is 12.7. The van der Waals surface area contributed by atoms with E-state index in [2.05, 4.69) is 10.1 Å². The lowest BCUT2D eigenvalue weighted by atomic mass is 10.1. The zero-order valence-electron chi connectivity index (χ0n) is 14.2. The van der Waals surface area contributed by atoms with Crippen molar-refractivity contribution in [2.45, 2.75) is 18.3 Å². The number of hydrogen-bond acceptors (Lipinski definition) is 3. The van der Waals surface area contributed by atoms with E-state index in [1.54, 1.807) is 6.07 Å². The molecule has 1 amide bonds. The minimum atomic E-state index is -4.85. The Morgan fingerprint density at radius 1 is 1.00 bits per heavy atom. The van der Waals surface area contributed by atoms with E-state index in [-0.39, 0.29) is 12.1 Å². The first-order valence-electron chi connectivity index (χ1n) is 7.92. The van der Waals surface area contributed by atoms with Crippen LogP contribution in [0.4, 0.5) is 26.3 Å². The van der Waals surface area contributed by atoms with Crippen molar-refractivity contribution in [1.29, 1.82) is 0 Å². The molecule has 1 N–H and O–H groups in total.